The van der Waals surface area contributed by atoms with Crippen molar-refractivity contribution in [3.63, 3.8) is 0 Å². The highest BCUT2D eigenvalue weighted by atomic mass is 32.1. The van der Waals surface area contributed by atoms with Crippen LogP contribution in [0.5, 0.6) is 0 Å². The summed E-state index contributed by atoms with van der Waals surface area (Å²) in [6.45, 7) is 1.08. The zero-order valence-electron chi connectivity index (χ0n) is 14.2. The van der Waals surface area contributed by atoms with E-state index in [0.717, 1.165) is 13.0 Å². The number of benzene rings is 2. The van der Waals surface area contributed by atoms with Crippen molar-refractivity contribution < 1.29 is 15.0 Å². The van der Waals surface area contributed by atoms with Crippen LogP contribution in [-0.4, -0.2) is 22.7 Å². The molecule has 2 unspecified atom stereocenters. The molecule has 0 saturated carbocycles. The van der Waals surface area contributed by atoms with Crippen molar-refractivity contribution >= 4 is 17.3 Å². The van der Waals surface area contributed by atoms with E-state index in [-0.39, 0.29) is 0 Å². The molecule has 0 aliphatic carbocycles. The number of thiophene rings is 1. The van der Waals surface area contributed by atoms with Gasteiger partial charge in [0, 0.05) is 6.54 Å². The summed E-state index contributed by atoms with van der Waals surface area (Å²) in [6.07, 6.45) is -0.257. The first-order chi connectivity index (χ1) is 12.7. The SMILES string of the molecule is O=C(O)C(O)c1ccccc1.c1ccc2c(c1)CCNC2c1ccsc1. The van der Waals surface area contributed by atoms with Crippen LogP contribution >= 0.6 is 11.3 Å². The smallest absolute Gasteiger partial charge is 0.337 e. The molecule has 0 radical (unpaired) electrons. The fourth-order valence-electron chi connectivity index (χ4n) is 3.02. The summed E-state index contributed by atoms with van der Waals surface area (Å²) in [6, 6.07) is 19.6. The maximum Gasteiger partial charge on any atom is 0.337 e. The molecule has 2 heterocycles. The quantitative estimate of drug-likeness (QED) is 0.659. The minimum Gasteiger partial charge on any atom is -0.479 e. The lowest BCUT2D eigenvalue weighted by molar-refractivity contribution is -0.146. The molecule has 26 heavy (non-hydrogen) atoms. The molecule has 0 bridgehead atoms. The van der Waals surface area contributed by atoms with Crippen LogP contribution in [0.15, 0.2) is 71.4 Å². The van der Waals surface area contributed by atoms with Gasteiger partial charge < -0.3 is 15.5 Å². The van der Waals surface area contributed by atoms with Crippen LogP contribution in [0.1, 0.15) is 34.4 Å². The van der Waals surface area contributed by atoms with Gasteiger partial charge in [0.15, 0.2) is 6.10 Å². The van der Waals surface area contributed by atoms with E-state index in [0.29, 0.717) is 11.6 Å². The Kier molecular flexibility index (Phi) is 6.17. The molecule has 0 saturated heterocycles. The van der Waals surface area contributed by atoms with Crippen molar-refractivity contribution in [3.8, 4) is 0 Å². The molecule has 1 aliphatic heterocycles. The number of carbonyl (C=O) groups is 1. The number of aliphatic carboxylic acids is 1. The third-order valence-corrected chi connectivity index (χ3v) is 5.04. The van der Waals surface area contributed by atoms with E-state index in [2.05, 4.69) is 46.4 Å². The van der Waals surface area contributed by atoms with Crippen molar-refractivity contribution in [1.29, 1.82) is 0 Å². The topological polar surface area (TPSA) is 69.6 Å². The second-order valence-corrected chi connectivity index (χ2v) is 6.82. The maximum absolute atomic E-state index is 10.2. The second-order valence-electron chi connectivity index (χ2n) is 6.04. The van der Waals surface area contributed by atoms with Crippen molar-refractivity contribution in [2.75, 3.05) is 6.54 Å². The molecule has 3 aromatic rings. The van der Waals surface area contributed by atoms with E-state index >= 15 is 0 Å². The van der Waals surface area contributed by atoms with Gasteiger partial charge in [-0.3, -0.25) is 0 Å². The lowest BCUT2D eigenvalue weighted by Gasteiger charge is -2.26. The Bertz CT molecular complexity index is 833. The molecule has 3 N–H and O–H groups in total. The molecule has 134 valence electrons. The van der Waals surface area contributed by atoms with E-state index in [1.165, 1.54) is 16.7 Å². The molecule has 0 spiro atoms. The third-order valence-electron chi connectivity index (χ3n) is 4.33. The van der Waals surface area contributed by atoms with Crippen LogP contribution in [0.2, 0.25) is 0 Å². The van der Waals surface area contributed by atoms with Crippen molar-refractivity contribution in [2.24, 2.45) is 0 Å². The van der Waals surface area contributed by atoms with Gasteiger partial charge in [0.25, 0.3) is 0 Å². The van der Waals surface area contributed by atoms with Gasteiger partial charge in [-0.25, -0.2) is 4.79 Å². The van der Waals surface area contributed by atoms with Gasteiger partial charge in [-0.05, 0) is 45.5 Å². The zero-order valence-corrected chi connectivity index (χ0v) is 15.0. The predicted octanol–water partition coefficient (Wildman–Crippen LogP) is 3.79. The molecular formula is C21H21NO3S. The van der Waals surface area contributed by atoms with Crippen LogP contribution < -0.4 is 5.32 Å². The lowest BCUT2D eigenvalue weighted by Crippen LogP contribution is -2.30. The first-order valence-corrected chi connectivity index (χ1v) is 9.40. The van der Waals surface area contributed by atoms with Crippen molar-refractivity contribution in [3.05, 3.63) is 93.7 Å². The Morgan fingerprint density at radius 2 is 1.81 bits per heavy atom. The summed E-state index contributed by atoms with van der Waals surface area (Å²) in [5, 5.41) is 25.4. The highest BCUT2D eigenvalue weighted by molar-refractivity contribution is 7.08. The first-order valence-electron chi connectivity index (χ1n) is 8.46. The Labute approximate surface area is 156 Å². The average Bonchev–Trinajstić information content (AvgIpc) is 3.22. The Hall–Kier alpha value is -2.47. The summed E-state index contributed by atoms with van der Waals surface area (Å²) in [7, 11) is 0. The third kappa shape index (κ3) is 4.38. The number of fused-ring (bicyclic) bond motifs is 1. The highest BCUT2D eigenvalue weighted by Gasteiger charge is 2.20. The number of nitrogens with one attached hydrogen (secondary N) is 1. The van der Waals surface area contributed by atoms with E-state index < -0.39 is 12.1 Å². The van der Waals surface area contributed by atoms with E-state index in [1.807, 2.05) is 0 Å². The predicted molar refractivity (Wildman–Crippen MR) is 103 cm³/mol. The fraction of sp³-hybridized carbons (Fsp3) is 0.190. The van der Waals surface area contributed by atoms with Gasteiger partial charge in [-0.1, -0.05) is 54.6 Å². The van der Waals surface area contributed by atoms with Crippen LogP contribution in [-0.2, 0) is 11.2 Å². The number of carboxylic acid groups (broad SMARTS) is 1. The number of aliphatic hydroxyl groups excluding tert-OH is 1. The Morgan fingerprint density at radius 1 is 1.08 bits per heavy atom. The van der Waals surface area contributed by atoms with Gasteiger partial charge in [0.2, 0.25) is 0 Å². The molecule has 1 aromatic heterocycles. The maximum atomic E-state index is 10.2. The monoisotopic (exact) mass is 367 g/mol. The van der Waals surface area contributed by atoms with Crippen molar-refractivity contribution in [1.82, 2.24) is 5.32 Å². The normalized spacial score (nSPS) is 16.7. The molecule has 4 nitrogen and oxygen atoms in total. The highest BCUT2D eigenvalue weighted by Crippen LogP contribution is 2.29. The lowest BCUT2D eigenvalue weighted by atomic mass is 9.91. The van der Waals surface area contributed by atoms with Gasteiger partial charge in [-0.15, -0.1) is 0 Å². The van der Waals surface area contributed by atoms with Crippen LogP contribution in [0.3, 0.4) is 0 Å². The van der Waals surface area contributed by atoms with E-state index in [1.54, 1.807) is 41.7 Å². The Morgan fingerprint density at radius 3 is 2.50 bits per heavy atom. The van der Waals surface area contributed by atoms with Gasteiger partial charge >= 0.3 is 5.97 Å². The van der Waals surface area contributed by atoms with E-state index in [4.69, 9.17) is 10.2 Å². The second kappa shape index (κ2) is 8.76. The molecule has 4 rings (SSSR count). The van der Waals surface area contributed by atoms with Crippen molar-refractivity contribution in [2.45, 2.75) is 18.6 Å². The molecule has 2 aromatic carbocycles. The molecule has 1 aliphatic rings. The first kappa shape index (κ1) is 18.3. The van der Waals surface area contributed by atoms with Gasteiger partial charge in [-0.2, -0.15) is 11.3 Å². The summed E-state index contributed by atoms with van der Waals surface area (Å²) in [5.74, 6) is -1.23. The minimum atomic E-state index is -1.41. The van der Waals surface area contributed by atoms with Gasteiger partial charge in [0.05, 0.1) is 6.04 Å². The molecule has 2 atom stereocenters. The fourth-order valence-corrected chi connectivity index (χ4v) is 3.71. The van der Waals surface area contributed by atoms with Crippen LogP contribution in [0.25, 0.3) is 0 Å². The molecular weight excluding hydrogens is 346 g/mol. The van der Waals surface area contributed by atoms with Crippen LogP contribution in [0.4, 0.5) is 0 Å². The number of rotatable bonds is 3. The summed E-state index contributed by atoms with van der Waals surface area (Å²) in [5.41, 5.74) is 4.74. The summed E-state index contributed by atoms with van der Waals surface area (Å²) >= 11 is 1.77. The van der Waals surface area contributed by atoms with Gasteiger partial charge in [0.1, 0.15) is 0 Å². The average molecular weight is 367 g/mol. The van der Waals surface area contributed by atoms with Crippen LogP contribution in [0, 0.1) is 0 Å². The summed E-state index contributed by atoms with van der Waals surface area (Å²) < 4.78 is 0. The summed E-state index contributed by atoms with van der Waals surface area (Å²) in [4.78, 5) is 10.2. The number of hydrogen-bond acceptors (Lipinski definition) is 4. The molecule has 0 amide bonds. The standard InChI is InChI=1S/C13H13NS.C8H8O3/c1-2-4-12-10(3-1)5-7-14-13(12)11-6-8-15-9-11;9-7(8(10)11)6-4-2-1-3-5-6/h1-4,6,8-9,13-14H,5,7H2;1-5,7,9H,(H,10,11). The zero-order chi connectivity index (χ0) is 18.4. The number of aliphatic hydroxyl groups is 1. The minimum absolute atomic E-state index is 0.403. The largest absolute Gasteiger partial charge is 0.479 e. The molecule has 0 fully saturated rings. The number of carboxylic acids is 1. The number of hydrogen-bond donors (Lipinski definition) is 3. The van der Waals surface area contributed by atoms with E-state index in [9.17, 15) is 4.79 Å². The molecule has 5 heteroatoms. The Balaban J connectivity index is 0.000000160.